The Hall–Kier alpha value is -1.76. The molecule has 1 aliphatic carbocycles. The SMILES string of the molecule is Cc1nc(C2CC2)nc2sc(C(=O)Nc3cc(Cl)c(Cl)cn3)c(C)c12. The van der Waals surface area contributed by atoms with Gasteiger partial charge in [-0.2, -0.15) is 0 Å². The van der Waals surface area contributed by atoms with Crippen LogP contribution in [0.1, 0.15) is 45.5 Å². The van der Waals surface area contributed by atoms with Crippen molar-refractivity contribution >= 4 is 56.5 Å². The zero-order valence-electron chi connectivity index (χ0n) is 13.6. The van der Waals surface area contributed by atoms with Gasteiger partial charge in [0.15, 0.2) is 0 Å². The minimum absolute atomic E-state index is 0.237. The van der Waals surface area contributed by atoms with Crippen molar-refractivity contribution in [2.75, 3.05) is 5.32 Å². The maximum absolute atomic E-state index is 12.7. The van der Waals surface area contributed by atoms with Gasteiger partial charge >= 0.3 is 0 Å². The predicted octanol–water partition coefficient (Wildman–Crippen LogP) is 5.14. The fourth-order valence-corrected chi connectivity index (χ4v) is 4.15. The third-order valence-electron chi connectivity index (χ3n) is 4.19. The number of anilines is 1. The van der Waals surface area contributed by atoms with Crippen LogP contribution in [0.5, 0.6) is 0 Å². The largest absolute Gasteiger partial charge is 0.306 e. The van der Waals surface area contributed by atoms with Gasteiger partial charge in [0.05, 0.1) is 20.6 Å². The number of carbonyl (C=O) groups is 1. The number of aryl methyl sites for hydroxylation is 2. The number of hydrogen-bond acceptors (Lipinski definition) is 5. The molecule has 1 amide bonds. The lowest BCUT2D eigenvalue weighted by Crippen LogP contribution is -2.12. The number of carbonyl (C=O) groups excluding carboxylic acids is 1. The average molecular weight is 393 g/mol. The van der Waals surface area contributed by atoms with E-state index in [1.54, 1.807) is 0 Å². The molecule has 1 N–H and O–H groups in total. The van der Waals surface area contributed by atoms with Gasteiger partial charge in [0, 0.05) is 23.6 Å². The Labute approximate surface area is 158 Å². The molecule has 0 bridgehead atoms. The Kier molecular flexibility index (Phi) is 4.14. The second-order valence-corrected chi connectivity index (χ2v) is 7.93. The van der Waals surface area contributed by atoms with Crippen LogP contribution < -0.4 is 5.32 Å². The molecule has 0 unspecified atom stereocenters. The van der Waals surface area contributed by atoms with E-state index in [0.717, 1.165) is 40.1 Å². The topological polar surface area (TPSA) is 67.8 Å². The molecule has 0 aromatic carbocycles. The Bertz CT molecular complexity index is 1010. The number of hydrogen-bond donors (Lipinski definition) is 1. The fourth-order valence-electron chi connectivity index (χ4n) is 2.76. The molecule has 3 aromatic rings. The molecule has 0 saturated heterocycles. The van der Waals surface area contributed by atoms with Crippen LogP contribution in [-0.4, -0.2) is 20.9 Å². The predicted molar refractivity (Wildman–Crippen MR) is 101 cm³/mol. The van der Waals surface area contributed by atoms with Crippen molar-refractivity contribution in [1.29, 1.82) is 0 Å². The van der Waals surface area contributed by atoms with Crippen molar-refractivity contribution in [1.82, 2.24) is 15.0 Å². The lowest BCUT2D eigenvalue weighted by molar-refractivity contribution is 0.102. The summed E-state index contributed by atoms with van der Waals surface area (Å²) in [6.45, 7) is 3.89. The van der Waals surface area contributed by atoms with E-state index < -0.39 is 0 Å². The van der Waals surface area contributed by atoms with Gasteiger partial charge in [0.1, 0.15) is 16.5 Å². The summed E-state index contributed by atoms with van der Waals surface area (Å²) in [5.41, 5.74) is 1.81. The number of amides is 1. The quantitative estimate of drug-likeness (QED) is 0.669. The van der Waals surface area contributed by atoms with Gasteiger partial charge in [-0.3, -0.25) is 4.79 Å². The van der Waals surface area contributed by atoms with Crippen LogP contribution >= 0.6 is 34.5 Å². The van der Waals surface area contributed by atoms with Crippen LogP contribution in [0, 0.1) is 13.8 Å². The maximum atomic E-state index is 12.7. The molecule has 128 valence electrons. The molecule has 5 nitrogen and oxygen atoms in total. The van der Waals surface area contributed by atoms with Gasteiger partial charge in [-0.1, -0.05) is 23.2 Å². The number of nitrogens with one attached hydrogen (secondary N) is 1. The fraction of sp³-hybridized carbons (Fsp3) is 0.294. The normalized spacial score (nSPS) is 14.1. The van der Waals surface area contributed by atoms with Crippen LogP contribution in [0.3, 0.4) is 0 Å². The standard InChI is InChI=1S/C17H14Cl2N4OS/c1-7-13-8(2)21-15(9-3-4-9)23-17(13)25-14(7)16(24)22-12-5-10(18)11(19)6-20-12/h5-6,9H,3-4H2,1-2H3,(H,20,22,24). The van der Waals surface area contributed by atoms with Gasteiger partial charge in [0.25, 0.3) is 5.91 Å². The van der Waals surface area contributed by atoms with Gasteiger partial charge in [0.2, 0.25) is 0 Å². The second-order valence-electron chi connectivity index (χ2n) is 6.12. The molecule has 0 aliphatic heterocycles. The highest BCUT2D eigenvalue weighted by atomic mass is 35.5. The lowest BCUT2D eigenvalue weighted by Gasteiger charge is -2.05. The van der Waals surface area contributed by atoms with E-state index in [9.17, 15) is 4.79 Å². The molecule has 0 atom stereocenters. The van der Waals surface area contributed by atoms with Crippen molar-refractivity contribution in [3.8, 4) is 0 Å². The lowest BCUT2D eigenvalue weighted by atomic mass is 10.1. The van der Waals surface area contributed by atoms with Crippen LogP contribution in [0.25, 0.3) is 10.2 Å². The summed E-state index contributed by atoms with van der Waals surface area (Å²) >= 11 is 13.2. The number of fused-ring (bicyclic) bond motifs is 1. The molecule has 0 spiro atoms. The molecular weight excluding hydrogens is 379 g/mol. The van der Waals surface area contributed by atoms with E-state index in [2.05, 4.69) is 20.3 Å². The number of pyridine rings is 1. The number of thiophene rings is 1. The first kappa shape index (κ1) is 16.7. The number of halogens is 2. The molecule has 1 saturated carbocycles. The van der Waals surface area contributed by atoms with Crippen molar-refractivity contribution in [3.63, 3.8) is 0 Å². The molecule has 8 heteroatoms. The molecule has 1 aliphatic rings. The van der Waals surface area contributed by atoms with E-state index in [4.69, 9.17) is 23.2 Å². The monoisotopic (exact) mass is 392 g/mol. The summed E-state index contributed by atoms with van der Waals surface area (Å²) in [5.74, 6) is 1.49. The van der Waals surface area contributed by atoms with Gasteiger partial charge in [-0.15, -0.1) is 11.3 Å². The zero-order valence-corrected chi connectivity index (χ0v) is 15.9. The van der Waals surface area contributed by atoms with E-state index in [1.165, 1.54) is 23.6 Å². The Morgan fingerprint density at radius 2 is 2.00 bits per heavy atom. The number of rotatable bonds is 3. The molecule has 0 radical (unpaired) electrons. The van der Waals surface area contributed by atoms with Crippen LogP contribution in [0.4, 0.5) is 5.82 Å². The smallest absolute Gasteiger partial charge is 0.267 e. The molecule has 4 rings (SSSR count). The first-order valence-corrected chi connectivity index (χ1v) is 9.41. The number of aromatic nitrogens is 3. The molecule has 3 aromatic heterocycles. The van der Waals surface area contributed by atoms with E-state index >= 15 is 0 Å². The first-order chi connectivity index (χ1) is 11.9. The summed E-state index contributed by atoms with van der Waals surface area (Å²) < 4.78 is 0. The van der Waals surface area contributed by atoms with Crippen molar-refractivity contribution in [3.05, 3.63) is 44.3 Å². The van der Waals surface area contributed by atoms with Crippen LogP contribution in [0.2, 0.25) is 10.0 Å². The minimum Gasteiger partial charge on any atom is -0.306 e. The maximum Gasteiger partial charge on any atom is 0.267 e. The summed E-state index contributed by atoms with van der Waals surface area (Å²) in [5, 5.41) is 4.41. The van der Waals surface area contributed by atoms with E-state index in [1.807, 2.05) is 13.8 Å². The molecule has 1 fully saturated rings. The average Bonchev–Trinajstić information content (AvgIpc) is 3.35. The van der Waals surface area contributed by atoms with Crippen LogP contribution in [0.15, 0.2) is 12.3 Å². The summed E-state index contributed by atoms with van der Waals surface area (Å²) in [4.78, 5) is 27.5. The van der Waals surface area contributed by atoms with E-state index in [-0.39, 0.29) is 5.91 Å². The van der Waals surface area contributed by atoms with Gasteiger partial charge in [-0.05, 0) is 32.3 Å². The summed E-state index contributed by atoms with van der Waals surface area (Å²) in [6.07, 6.45) is 3.70. The molecule has 3 heterocycles. The Balaban J connectivity index is 1.70. The zero-order chi connectivity index (χ0) is 17.7. The molecular formula is C17H14Cl2N4OS. The summed E-state index contributed by atoms with van der Waals surface area (Å²) in [6, 6.07) is 1.53. The highest BCUT2D eigenvalue weighted by molar-refractivity contribution is 7.20. The Morgan fingerprint density at radius 1 is 1.24 bits per heavy atom. The third kappa shape index (κ3) is 3.10. The van der Waals surface area contributed by atoms with Crippen molar-refractivity contribution in [2.24, 2.45) is 0 Å². The number of nitrogens with zero attached hydrogens (tertiary/aromatic N) is 3. The van der Waals surface area contributed by atoms with Crippen molar-refractivity contribution in [2.45, 2.75) is 32.6 Å². The highest BCUT2D eigenvalue weighted by Crippen LogP contribution is 2.40. The van der Waals surface area contributed by atoms with Gasteiger partial charge < -0.3 is 5.32 Å². The second kappa shape index (κ2) is 6.20. The van der Waals surface area contributed by atoms with Gasteiger partial charge in [-0.25, -0.2) is 15.0 Å². The highest BCUT2D eigenvalue weighted by Gasteiger charge is 2.28. The first-order valence-electron chi connectivity index (χ1n) is 7.84. The Morgan fingerprint density at radius 3 is 2.68 bits per heavy atom. The van der Waals surface area contributed by atoms with Crippen molar-refractivity contribution < 1.29 is 4.79 Å². The minimum atomic E-state index is -0.237. The van der Waals surface area contributed by atoms with E-state index in [0.29, 0.717) is 26.7 Å². The molecule has 25 heavy (non-hydrogen) atoms. The van der Waals surface area contributed by atoms with Crippen LogP contribution in [-0.2, 0) is 0 Å². The summed E-state index contributed by atoms with van der Waals surface area (Å²) in [7, 11) is 0. The third-order valence-corrected chi connectivity index (χ3v) is 6.08.